The van der Waals surface area contributed by atoms with Crippen molar-refractivity contribution in [1.29, 1.82) is 0 Å². The van der Waals surface area contributed by atoms with Gasteiger partial charge in [0, 0.05) is 0 Å². The molecule has 100 valence electrons. The van der Waals surface area contributed by atoms with Gasteiger partial charge in [-0.15, -0.1) is 0 Å². The lowest BCUT2D eigenvalue weighted by molar-refractivity contribution is 0.0698. The third-order valence-corrected chi connectivity index (χ3v) is 3.63. The summed E-state index contributed by atoms with van der Waals surface area (Å²) in [7, 11) is 0. The number of aromatic nitrogens is 1. The molecule has 0 bridgehead atoms. The van der Waals surface area contributed by atoms with Crippen LogP contribution in [0.2, 0.25) is 0 Å². The van der Waals surface area contributed by atoms with E-state index in [-0.39, 0.29) is 21.5 Å². The summed E-state index contributed by atoms with van der Waals surface area (Å²) in [5.41, 5.74) is 1.04. The first-order chi connectivity index (χ1) is 9.58. The van der Waals surface area contributed by atoms with Crippen LogP contribution < -0.4 is 0 Å². The third-order valence-electron chi connectivity index (χ3n) is 2.83. The van der Waals surface area contributed by atoms with Crippen LogP contribution in [-0.2, 0) is 0 Å². The summed E-state index contributed by atoms with van der Waals surface area (Å²) in [5, 5.41) is 9.10. The molecule has 0 atom stereocenters. The lowest BCUT2D eigenvalue weighted by atomic mass is 10.2. The molecule has 4 nitrogen and oxygen atoms in total. The van der Waals surface area contributed by atoms with Crippen LogP contribution in [0.5, 0.6) is 0 Å². The first kappa shape index (κ1) is 12.8. The highest BCUT2D eigenvalue weighted by Gasteiger charge is 2.17. The van der Waals surface area contributed by atoms with Gasteiger partial charge >= 0.3 is 5.97 Å². The van der Waals surface area contributed by atoms with E-state index in [2.05, 4.69) is 20.9 Å². The SMILES string of the molecule is O=C(O)c1cccc2nc(-c3cccc(F)c3Br)oc12. The fourth-order valence-corrected chi connectivity index (χ4v) is 2.34. The molecule has 2 aromatic carbocycles. The van der Waals surface area contributed by atoms with Crippen molar-refractivity contribution in [3.8, 4) is 11.5 Å². The van der Waals surface area contributed by atoms with Gasteiger partial charge in [0.1, 0.15) is 16.9 Å². The summed E-state index contributed by atoms with van der Waals surface area (Å²) in [4.78, 5) is 15.3. The highest BCUT2D eigenvalue weighted by molar-refractivity contribution is 9.10. The first-order valence-corrected chi connectivity index (χ1v) is 6.44. The van der Waals surface area contributed by atoms with Crippen LogP contribution in [0.25, 0.3) is 22.6 Å². The third kappa shape index (κ3) is 1.98. The standard InChI is InChI=1S/C14H7BrFNO3/c15-11-7(3-1-5-9(11)16)13-17-10-6-2-4-8(14(18)19)12(10)20-13/h1-6H,(H,18,19). The summed E-state index contributed by atoms with van der Waals surface area (Å²) in [6, 6.07) is 9.13. The second-order valence-corrected chi connectivity index (χ2v) is 4.87. The van der Waals surface area contributed by atoms with Gasteiger partial charge in [0.25, 0.3) is 0 Å². The van der Waals surface area contributed by atoms with E-state index in [4.69, 9.17) is 9.52 Å². The van der Waals surface area contributed by atoms with E-state index in [0.29, 0.717) is 11.1 Å². The molecule has 0 aliphatic carbocycles. The Hall–Kier alpha value is -2.21. The molecule has 0 fully saturated rings. The number of rotatable bonds is 2. The highest BCUT2D eigenvalue weighted by atomic mass is 79.9. The van der Waals surface area contributed by atoms with Crippen LogP contribution in [0.4, 0.5) is 4.39 Å². The van der Waals surface area contributed by atoms with Gasteiger partial charge in [-0.1, -0.05) is 12.1 Å². The Kier molecular flexibility index (Phi) is 3.02. The minimum Gasteiger partial charge on any atom is -0.478 e. The molecule has 0 amide bonds. The van der Waals surface area contributed by atoms with E-state index >= 15 is 0 Å². The van der Waals surface area contributed by atoms with Crippen LogP contribution in [0.3, 0.4) is 0 Å². The zero-order chi connectivity index (χ0) is 14.3. The number of carboxylic acid groups (broad SMARTS) is 1. The van der Waals surface area contributed by atoms with Crippen LogP contribution in [0, 0.1) is 5.82 Å². The molecule has 0 saturated carbocycles. The molecule has 0 saturated heterocycles. The van der Waals surface area contributed by atoms with Gasteiger partial charge in [0.05, 0.1) is 10.0 Å². The van der Waals surface area contributed by atoms with Gasteiger partial charge in [0.2, 0.25) is 5.89 Å². The topological polar surface area (TPSA) is 63.3 Å². The summed E-state index contributed by atoms with van der Waals surface area (Å²) in [5.74, 6) is -1.38. The van der Waals surface area contributed by atoms with Crippen molar-refractivity contribution in [3.05, 3.63) is 52.3 Å². The predicted molar refractivity (Wildman–Crippen MR) is 74.1 cm³/mol. The Labute approximate surface area is 121 Å². The van der Waals surface area contributed by atoms with Gasteiger partial charge in [-0.25, -0.2) is 14.2 Å². The number of fused-ring (bicyclic) bond motifs is 1. The quantitative estimate of drug-likeness (QED) is 0.765. The molecule has 20 heavy (non-hydrogen) atoms. The van der Waals surface area contributed by atoms with Crippen LogP contribution in [-0.4, -0.2) is 16.1 Å². The zero-order valence-corrected chi connectivity index (χ0v) is 11.5. The zero-order valence-electron chi connectivity index (χ0n) is 9.93. The van der Waals surface area contributed by atoms with E-state index in [0.717, 1.165) is 0 Å². The number of carbonyl (C=O) groups is 1. The summed E-state index contributed by atoms with van der Waals surface area (Å²) < 4.78 is 19.2. The van der Waals surface area contributed by atoms with Gasteiger partial charge in [-0.2, -0.15) is 0 Å². The van der Waals surface area contributed by atoms with Crippen molar-refractivity contribution >= 4 is 33.0 Å². The van der Waals surface area contributed by atoms with Crippen molar-refractivity contribution in [1.82, 2.24) is 4.98 Å². The fraction of sp³-hybridized carbons (Fsp3) is 0. The predicted octanol–water partition coefficient (Wildman–Crippen LogP) is 4.09. The normalized spacial score (nSPS) is 10.9. The Bertz CT molecular complexity index is 828. The Morgan fingerprint density at radius 2 is 2.00 bits per heavy atom. The van der Waals surface area contributed by atoms with Crippen molar-refractivity contribution in [2.75, 3.05) is 0 Å². The van der Waals surface area contributed by atoms with E-state index in [1.165, 1.54) is 18.2 Å². The molecule has 0 aliphatic rings. The van der Waals surface area contributed by atoms with Crippen LogP contribution in [0.1, 0.15) is 10.4 Å². The number of halogens is 2. The molecule has 1 N–H and O–H groups in total. The maximum absolute atomic E-state index is 13.5. The average Bonchev–Trinajstić information content (AvgIpc) is 2.84. The van der Waals surface area contributed by atoms with Gasteiger partial charge in [0.15, 0.2) is 5.58 Å². The van der Waals surface area contributed by atoms with Gasteiger partial charge in [-0.3, -0.25) is 0 Å². The van der Waals surface area contributed by atoms with Gasteiger partial charge < -0.3 is 9.52 Å². The molecule has 0 spiro atoms. The van der Waals surface area contributed by atoms with Gasteiger partial charge in [-0.05, 0) is 40.2 Å². The van der Waals surface area contributed by atoms with Crippen LogP contribution in [0.15, 0.2) is 45.3 Å². The number of aromatic carboxylic acids is 1. The smallest absolute Gasteiger partial charge is 0.339 e. The second kappa shape index (κ2) is 4.72. The van der Waals surface area contributed by atoms with E-state index < -0.39 is 11.8 Å². The summed E-state index contributed by atoms with van der Waals surface area (Å²) in [6.45, 7) is 0. The average molecular weight is 336 g/mol. The van der Waals surface area contributed by atoms with E-state index in [1.54, 1.807) is 18.2 Å². The van der Waals surface area contributed by atoms with Crippen molar-refractivity contribution in [2.24, 2.45) is 0 Å². The minimum absolute atomic E-state index is 0.0220. The number of para-hydroxylation sites is 1. The minimum atomic E-state index is -1.10. The molecule has 0 aliphatic heterocycles. The lowest BCUT2D eigenvalue weighted by Gasteiger charge is -1.99. The molecule has 6 heteroatoms. The van der Waals surface area contributed by atoms with Crippen molar-refractivity contribution in [3.63, 3.8) is 0 Å². The maximum atomic E-state index is 13.5. The monoisotopic (exact) mass is 335 g/mol. The second-order valence-electron chi connectivity index (χ2n) is 4.08. The molecule has 1 aromatic heterocycles. The molecule has 3 rings (SSSR count). The largest absolute Gasteiger partial charge is 0.478 e. The molecule has 0 unspecified atom stereocenters. The Balaban J connectivity index is 2.26. The number of nitrogens with zero attached hydrogens (tertiary/aromatic N) is 1. The molecule has 3 aromatic rings. The van der Waals surface area contributed by atoms with Crippen LogP contribution >= 0.6 is 15.9 Å². The maximum Gasteiger partial charge on any atom is 0.339 e. The van der Waals surface area contributed by atoms with Crippen molar-refractivity contribution in [2.45, 2.75) is 0 Å². The molecule has 0 radical (unpaired) electrons. The fourth-order valence-electron chi connectivity index (χ4n) is 1.90. The molecular weight excluding hydrogens is 329 g/mol. The van der Waals surface area contributed by atoms with Crippen molar-refractivity contribution < 1.29 is 18.7 Å². The van der Waals surface area contributed by atoms with E-state index in [9.17, 15) is 9.18 Å². The summed E-state index contributed by atoms with van der Waals surface area (Å²) >= 11 is 3.13. The number of benzene rings is 2. The first-order valence-electron chi connectivity index (χ1n) is 5.65. The molecular formula is C14H7BrFNO3. The Morgan fingerprint density at radius 3 is 2.75 bits per heavy atom. The molecule has 1 heterocycles. The lowest BCUT2D eigenvalue weighted by Crippen LogP contribution is -1.95. The van der Waals surface area contributed by atoms with E-state index in [1.807, 2.05) is 0 Å². The number of oxazole rings is 1. The number of hydrogen-bond acceptors (Lipinski definition) is 3. The number of carboxylic acids is 1. The summed E-state index contributed by atoms with van der Waals surface area (Å²) in [6.07, 6.45) is 0. The highest BCUT2D eigenvalue weighted by Crippen LogP contribution is 2.32. The number of hydrogen-bond donors (Lipinski definition) is 1. The Morgan fingerprint density at radius 1 is 1.25 bits per heavy atom.